The molecule has 1 aromatic carbocycles. The predicted octanol–water partition coefficient (Wildman–Crippen LogP) is 2.93. The van der Waals surface area contributed by atoms with Crippen molar-refractivity contribution in [3.63, 3.8) is 0 Å². The average molecular weight is 525 g/mol. The first-order valence-corrected chi connectivity index (χ1v) is 10.2. The number of aliphatic imine (C=N–C) groups is 1. The van der Waals surface area contributed by atoms with Gasteiger partial charge in [-0.1, -0.05) is 12.1 Å². The molecule has 3 rings (SSSR count). The fraction of sp³-hybridized carbons (Fsp3) is 0.455. The van der Waals surface area contributed by atoms with Crippen LogP contribution in [0.2, 0.25) is 0 Å². The second-order valence-electron chi connectivity index (χ2n) is 7.30. The van der Waals surface area contributed by atoms with Gasteiger partial charge in [0.15, 0.2) is 11.7 Å². The summed E-state index contributed by atoms with van der Waals surface area (Å²) in [5.41, 5.74) is 2.48. The third-order valence-corrected chi connectivity index (χ3v) is 5.05. The molecule has 0 saturated carbocycles. The Hall–Kier alpha value is -2.23. The molecule has 0 unspecified atom stereocenters. The molecule has 1 aromatic heterocycles. The van der Waals surface area contributed by atoms with Gasteiger partial charge in [0.25, 0.3) is 5.91 Å². The van der Waals surface area contributed by atoms with E-state index in [-0.39, 0.29) is 29.9 Å². The number of anilines is 1. The van der Waals surface area contributed by atoms with Crippen molar-refractivity contribution in [1.82, 2.24) is 15.1 Å². The zero-order valence-corrected chi connectivity index (χ0v) is 20.3. The molecule has 2 aromatic rings. The van der Waals surface area contributed by atoms with E-state index in [2.05, 4.69) is 46.3 Å². The van der Waals surface area contributed by atoms with Gasteiger partial charge in [-0.25, -0.2) is 0 Å². The Morgan fingerprint density at radius 2 is 1.77 bits per heavy atom. The predicted molar refractivity (Wildman–Crippen MR) is 132 cm³/mol. The first kappa shape index (κ1) is 24.0. The Bertz CT molecular complexity index is 797. The molecule has 8 heteroatoms. The van der Waals surface area contributed by atoms with E-state index < -0.39 is 0 Å². The van der Waals surface area contributed by atoms with Crippen molar-refractivity contribution in [3.05, 3.63) is 54.0 Å². The zero-order valence-electron chi connectivity index (χ0n) is 18.0. The molecule has 0 spiro atoms. The van der Waals surface area contributed by atoms with Crippen molar-refractivity contribution in [2.75, 3.05) is 58.3 Å². The van der Waals surface area contributed by atoms with Crippen LogP contribution in [0.1, 0.15) is 23.0 Å². The van der Waals surface area contributed by atoms with Crippen molar-refractivity contribution in [1.29, 1.82) is 0 Å². The molecular weight excluding hydrogens is 493 g/mol. The highest BCUT2D eigenvalue weighted by Gasteiger charge is 2.25. The molecule has 0 bridgehead atoms. The monoisotopic (exact) mass is 525 g/mol. The molecule has 1 amide bonds. The first-order valence-electron chi connectivity index (χ1n) is 10.2. The van der Waals surface area contributed by atoms with Crippen molar-refractivity contribution in [2.45, 2.75) is 13.3 Å². The number of carbonyl (C=O) groups excluding carboxylic acids is 1. The summed E-state index contributed by atoms with van der Waals surface area (Å²) < 4.78 is 5.23. The van der Waals surface area contributed by atoms with Gasteiger partial charge in [-0.05, 0) is 43.2 Å². The highest BCUT2D eigenvalue weighted by atomic mass is 127. The zero-order chi connectivity index (χ0) is 20.6. The molecule has 0 radical (unpaired) electrons. The van der Waals surface area contributed by atoms with Gasteiger partial charge < -0.3 is 24.4 Å². The molecular formula is C22H32IN5O2. The lowest BCUT2D eigenvalue weighted by Crippen LogP contribution is -2.53. The molecule has 7 nitrogen and oxygen atoms in total. The molecule has 0 atom stereocenters. The van der Waals surface area contributed by atoms with Gasteiger partial charge in [-0.3, -0.25) is 9.79 Å². The minimum Gasteiger partial charge on any atom is -0.459 e. The number of guanidine groups is 1. The fourth-order valence-electron chi connectivity index (χ4n) is 3.35. The van der Waals surface area contributed by atoms with Crippen LogP contribution in [0.5, 0.6) is 0 Å². The highest BCUT2D eigenvalue weighted by Crippen LogP contribution is 2.13. The Morgan fingerprint density at radius 1 is 1.10 bits per heavy atom. The quantitative estimate of drug-likeness (QED) is 0.357. The number of carbonyl (C=O) groups is 1. The van der Waals surface area contributed by atoms with E-state index in [1.165, 1.54) is 17.5 Å². The second-order valence-corrected chi connectivity index (χ2v) is 7.30. The standard InChI is InChI=1S/C22H31N5O2.HI/c1-4-23-22(24-12-11-18-7-9-19(10-8-18)25(2)3)27-15-13-26(14-16-27)21(28)20-6-5-17-29-20;/h5-10,17H,4,11-16H2,1-3H3,(H,23,24);1H. The lowest BCUT2D eigenvalue weighted by molar-refractivity contribution is 0.0657. The van der Waals surface area contributed by atoms with Crippen LogP contribution in [0.15, 0.2) is 52.1 Å². The van der Waals surface area contributed by atoms with E-state index in [4.69, 9.17) is 9.41 Å². The van der Waals surface area contributed by atoms with Gasteiger partial charge in [0.2, 0.25) is 0 Å². The van der Waals surface area contributed by atoms with Crippen LogP contribution >= 0.6 is 24.0 Å². The molecule has 0 aliphatic carbocycles. The summed E-state index contributed by atoms with van der Waals surface area (Å²) in [5.74, 6) is 1.28. The Kier molecular flexibility index (Phi) is 9.48. The van der Waals surface area contributed by atoms with Crippen molar-refractivity contribution >= 4 is 41.5 Å². The summed E-state index contributed by atoms with van der Waals surface area (Å²) >= 11 is 0. The average Bonchev–Trinajstić information content (AvgIpc) is 3.28. The second kappa shape index (κ2) is 11.8. The van der Waals surface area contributed by atoms with Gasteiger partial charge in [-0.2, -0.15) is 0 Å². The normalized spacial score (nSPS) is 14.3. The molecule has 164 valence electrons. The number of hydrogen-bond donors (Lipinski definition) is 1. The van der Waals surface area contributed by atoms with E-state index in [0.717, 1.165) is 38.6 Å². The van der Waals surface area contributed by atoms with Gasteiger partial charge in [0.1, 0.15) is 0 Å². The van der Waals surface area contributed by atoms with E-state index in [1.54, 1.807) is 12.1 Å². The number of piperazine rings is 1. The summed E-state index contributed by atoms with van der Waals surface area (Å²) in [6, 6.07) is 12.1. The number of nitrogens with zero attached hydrogens (tertiary/aromatic N) is 4. The summed E-state index contributed by atoms with van der Waals surface area (Å²) in [5, 5.41) is 3.38. The SMILES string of the molecule is CCNC(=NCCc1ccc(N(C)C)cc1)N1CCN(C(=O)c2ccco2)CC1.I. The molecule has 1 aliphatic rings. The minimum absolute atomic E-state index is 0. The van der Waals surface area contributed by atoms with Crippen LogP contribution in [0.4, 0.5) is 5.69 Å². The molecule has 30 heavy (non-hydrogen) atoms. The van der Waals surface area contributed by atoms with Crippen LogP contribution < -0.4 is 10.2 Å². The maximum absolute atomic E-state index is 12.4. The number of benzene rings is 1. The van der Waals surface area contributed by atoms with Crippen LogP contribution in [0.3, 0.4) is 0 Å². The molecule has 1 fully saturated rings. The topological polar surface area (TPSA) is 64.3 Å². The fourth-order valence-corrected chi connectivity index (χ4v) is 3.35. The highest BCUT2D eigenvalue weighted by molar-refractivity contribution is 14.0. The van der Waals surface area contributed by atoms with Gasteiger partial charge in [-0.15, -0.1) is 24.0 Å². The maximum atomic E-state index is 12.4. The lowest BCUT2D eigenvalue weighted by atomic mass is 10.1. The summed E-state index contributed by atoms with van der Waals surface area (Å²) in [4.78, 5) is 23.4. The molecule has 2 heterocycles. The Labute approximate surface area is 196 Å². The van der Waals surface area contributed by atoms with E-state index >= 15 is 0 Å². The van der Waals surface area contributed by atoms with Crippen LogP contribution in [0.25, 0.3) is 0 Å². The van der Waals surface area contributed by atoms with Crippen molar-refractivity contribution in [3.8, 4) is 0 Å². The molecule has 1 aliphatic heterocycles. The third kappa shape index (κ3) is 6.38. The van der Waals surface area contributed by atoms with Gasteiger partial charge in [0.05, 0.1) is 6.26 Å². The van der Waals surface area contributed by atoms with Crippen LogP contribution in [0, 0.1) is 0 Å². The summed E-state index contributed by atoms with van der Waals surface area (Å²) in [6.07, 6.45) is 2.44. The lowest BCUT2D eigenvalue weighted by Gasteiger charge is -2.36. The first-order chi connectivity index (χ1) is 14.1. The number of nitrogens with one attached hydrogen (secondary N) is 1. The molecule has 1 N–H and O–H groups in total. The van der Waals surface area contributed by atoms with Crippen LogP contribution in [-0.4, -0.2) is 75.0 Å². The van der Waals surface area contributed by atoms with E-state index in [9.17, 15) is 4.79 Å². The van der Waals surface area contributed by atoms with Crippen molar-refractivity contribution in [2.24, 2.45) is 4.99 Å². The number of furan rings is 1. The number of hydrogen-bond acceptors (Lipinski definition) is 4. The maximum Gasteiger partial charge on any atom is 0.289 e. The summed E-state index contributed by atoms with van der Waals surface area (Å²) in [6.45, 7) is 6.47. The van der Waals surface area contributed by atoms with E-state index in [0.29, 0.717) is 18.8 Å². The van der Waals surface area contributed by atoms with E-state index in [1.807, 2.05) is 19.0 Å². The van der Waals surface area contributed by atoms with Crippen molar-refractivity contribution < 1.29 is 9.21 Å². The number of halogens is 1. The van der Waals surface area contributed by atoms with Gasteiger partial charge in [0, 0.05) is 59.1 Å². The Balaban J connectivity index is 0.00000320. The Morgan fingerprint density at radius 3 is 2.33 bits per heavy atom. The largest absolute Gasteiger partial charge is 0.459 e. The smallest absolute Gasteiger partial charge is 0.289 e. The third-order valence-electron chi connectivity index (χ3n) is 5.05. The number of amides is 1. The van der Waals surface area contributed by atoms with Gasteiger partial charge >= 0.3 is 0 Å². The molecule has 1 saturated heterocycles. The minimum atomic E-state index is -0.0437. The van der Waals surface area contributed by atoms with Crippen LogP contribution in [-0.2, 0) is 6.42 Å². The summed E-state index contributed by atoms with van der Waals surface area (Å²) in [7, 11) is 4.09. The number of rotatable bonds is 6.